The molecule has 1 saturated carbocycles. The van der Waals surface area contributed by atoms with Crippen LogP contribution in [-0.2, 0) is 4.74 Å². The molecule has 1 aliphatic carbocycles. The molecule has 1 aromatic rings. The van der Waals surface area contributed by atoms with Gasteiger partial charge >= 0.3 is 6.09 Å². The monoisotopic (exact) mass is 569 g/mol. The summed E-state index contributed by atoms with van der Waals surface area (Å²) in [4.78, 5) is 41.7. The van der Waals surface area contributed by atoms with E-state index in [9.17, 15) is 14.7 Å². The number of carbonyl (C=O) groups excluding carboxylic acids is 2. The first-order chi connectivity index (χ1) is 19.6. The third-order valence-electron chi connectivity index (χ3n) is 10.9. The van der Waals surface area contributed by atoms with Crippen LogP contribution in [0.4, 0.5) is 4.79 Å². The van der Waals surface area contributed by atoms with Crippen LogP contribution in [0, 0.1) is 25.7 Å². The van der Waals surface area contributed by atoms with E-state index in [2.05, 4.69) is 28.7 Å². The van der Waals surface area contributed by atoms with Crippen molar-refractivity contribution in [1.29, 1.82) is 0 Å². The van der Waals surface area contributed by atoms with Gasteiger partial charge in [-0.2, -0.15) is 0 Å². The van der Waals surface area contributed by atoms with Crippen LogP contribution in [-0.4, -0.2) is 98.3 Å². The quantitative estimate of drug-likeness (QED) is 0.507. The average molecular weight is 570 g/mol. The van der Waals surface area contributed by atoms with Crippen molar-refractivity contribution in [3.05, 3.63) is 23.3 Å². The molecule has 2 amide bonds. The fraction of sp³-hybridized carbons (Fsp3) is 0.812. The smallest absolute Gasteiger partial charge is 0.410 e. The molecule has 4 fully saturated rings. The molecular weight excluding hydrogens is 518 g/mol. The first-order valence-electron chi connectivity index (χ1n) is 16.1. The third kappa shape index (κ3) is 6.41. The topological polar surface area (TPSA) is 99.1 Å². The van der Waals surface area contributed by atoms with Gasteiger partial charge in [-0.15, -0.1) is 0 Å². The summed E-state index contributed by atoms with van der Waals surface area (Å²) in [5.41, 5.74) is 1.80. The summed E-state index contributed by atoms with van der Waals surface area (Å²) in [6.07, 6.45) is 11.9. The van der Waals surface area contributed by atoms with Crippen molar-refractivity contribution in [2.45, 2.75) is 116 Å². The number of aromatic nitrogens is 2. The minimum Gasteiger partial charge on any atom is -0.442 e. The van der Waals surface area contributed by atoms with Gasteiger partial charge in [0.05, 0.1) is 23.1 Å². The van der Waals surface area contributed by atoms with E-state index in [0.29, 0.717) is 17.4 Å². The molecule has 0 unspecified atom stereocenters. The van der Waals surface area contributed by atoms with E-state index >= 15 is 0 Å². The molecule has 1 aromatic heterocycles. The zero-order chi connectivity index (χ0) is 29.2. The van der Waals surface area contributed by atoms with Gasteiger partial charge in [-0.3, -0.25) is 9.69 Å². The lowest BCUT2D eigenvalue weighted by atomic mass is 9.74. The summed E-state index contributed by atoms with van der Waals surface area (Å²) in [5.74, 6) is 0.874. The standard InChI is InChI=1S/C32H51N5O4/c1-5-6-7-26-21-36(20-25-8-10-27(38)11-9-25)30(40)41-32(26)14-18-37(19-15-32)31(4)12-16-35(17-13-31)29(39)28-23(2)33-22-34-24(28)3/h22,25-27,38H,5-21H2,1-4H3/t25?,26-,27?/m0/s1. The maximum Gasteiger partial charge on any atom is 0.410 e. The van der Waals surface area contributed by atoms with Crippen LogP contribution in [0.3, 0.4) is 0 Å². The van der Waals surface area contributed by atoms with E-state index in [1.165, 1.54) is 6.33 Å². The summed E-state index contributed by atoms with van der Waals surface area (Å²) in [6.45, 7) is 13.2. The molecule has 0 bridgehead atoms. The average Bonchev–Trinajstić information content (AvgIpc) is 2.95. The molecule has 41 heavy (non-hydrogen) atoms. The Morgan fingerprint density at radius 2 is 1.66 bits per heavy atom. The Kier molecular flexibility index (Phi) is 9.24. The number of ether oxygens (including phenoxy) is 1. The van der Waals surface area contributed by atoms with Gasteiger partial charge in [0.1, 0.15) is 11.9 Å². The minimum atomic E-state index is -0.364. The van der Waals surface area contributed by atoms with Gasteiger partial charge in [0.2, 0.25) is 0 Å². The molecule has 0 aromatic carbocycles. The number of rotatable bonds is 7. The molecule has 1 N–H and O–H groups in total. The van der Waals surface area contributed by atoms with Gasteiger partial charge < -0.3 is 19.6 Å². The predicted octanol–water partition coefficient (Wildman–Crippen LogP) is 4.73. The highest BCUT2D eigenvalue weighted by atomic mass is 16.6. The van der Waals surface area contributed by atoms with Crippen LogP contribution in [0.25, 0.3) is 0 Å². The molecule has 3 saturated heterocycles. The van der Waals surface area contributed by atoms with Gasteiger partial charge in [0, 0.05) is 63.6 Å². The van der Waals surface area contributed by atoms with Crippen molar-refractivity contribution < 1.29 is 19.4 Å². The molecule has 9 heteroatoms. The SMILES string of the molecule is CCCC[C@H]1CN(CC2CCC(O)CC2)C(=O)OC12CCN(C1(C)CCN(C(=O)c3c(C)ncnc3C)CC1)CC2. The Morgan fingerprint density at radius 1 is 1.02 bits per heavy atom. The summed E-state index contributed by atoms with van der Waals surface area (Å²) in [5, 5.41) is 9.90. The Balaban J connectivity index is 1.19. The fourth-order valence-corrected chi connectivity index (χ4v) is 7.93. The van der Waals surface area contributed by atoms with Gasteiger partial charge in [0.15, 0.2) is 0 Å². The van der Waals surface area contributed by atoms with Crippen molar-refractivity contribution in [2.24, 2.45) is 11.8 Å². The zero-order valence-corrected chi connectivity index (χ0v) is 25.7. The van der Waals surface area contributed by atoms with E-state index in [1.807, 2.05) is 23.6 Å². The lowest BCUT2D eigenvalue weighted by molar-refractivity contribution is -0.134. The van der Waals surface area contributed by atoms with Crippen LogP contribution >= 0.6 is 0 Å². The van der Waals surface area contributed by atoms with Gasteiger partial charge in [0.25, 0.3) is 5.91 Å². The number of hydrogen-bond donors (Lipinski definition) is 1. The Hall–Kier alpha value is -2.26. The fourth-order valence-electron chi connectivity index (χ4n) is 7.93. The van der Waals surface area contributed by atoms with E-state index in [0.717, 1.165) is 121 Å². The van der Waals surface area contributed by atoms with Crippen LogP contribution in [0.2, 0.25) is 0 Å². The summed E-state index contributed by atoms with van der Waals surface area (Å²) < 4.78 is 6.43. The number of nitrogens with zero attached hydrogens (tertiary/aromatic N) is 5. The molecule has 4 aliphatic rings. The number of amides is 2. The second-order valence-electron chi connectivity index (χ2n) is 13.5. The third-order valence-corrected chi connectivity index (χ3v) is 10.9. The molecule has 1 spiro atoms. The highest BCUT2D eigenvalue weighted by Crippen LogP contribution is 2.43. The van der Waals surface area contributed by atoms with E-state index in [-0.39, 0.29) is 29.2 Å². The van der Waals surface area contributed by atoms with Crippen molar-refractivity contribution in [3.8, 4) is 0 Å². The lowest BCUT2D eigenvalue weighted by Crippen LogP contribution is -2.64. The Labute approximate surface area is 246 Å². The van der Waals surface area contributed by atoms with Crippen LogP contribution in [0.1, 0.15) is 106 Å². The summed E-state index contributed by atoms with van der Waals surface area (Å²) >= 11 is 0. The molecule has 228 valence electrons. The van der Waals surface area contributed by atoms with E-state index in [4.69, 9.17) is 4.74 Å². The van der Waals surface area contributed by atoms with Crippen LogP contribution < -0.4 is 0 Å². The van der Waals surface area contributed by atoms with Crippen molar-refractivity contribution in [2.75, 3.05) is 39.3 Å². The van der Waals surface area contributed by atoms with E-state index < -0.39 is 0 Å². The molecule has 4 heterocycles. The van der Waals surface area contributed by atoms with Crippen LogP contribution in [0.15, 0.2) is 6.33 Å². The maximum atomic E-state index is 13.3. The molecule has 0 radical (unpaired) electrons. The number of aliphatic hydroxyl groups excluding tert-OH is 1. The van der Waals surface area contributed by atoms with Crippen LogP contribution in [0.5, 0.6) is 0 Å². The molecule has 5 rings (SSSR count). The van der Waals surface area contributed by atoms with Crippen molar-refractivity contribution in [3.63, 3.8) is 0 Å². The predicted molar refractivity (Wildman–Crippen MR) is 158 cm³/mol. The first kappa shape index (κ1) is 30.2. The van der Waals surface area contributed by atoms with Gasteiger partial charge in [-0.05, 0) is 71.6 Å². The Morgan fingerprint density at radius 3 is 2.27 bits per heavy atom. The van der Waals surface area contributed by atoms with Crippen molar-refractivity contribution >= 4 is 12.0 Å². The Bertz CT molecular complexity index is 1050. The molecule has 3 aliphatic heterocycles. The number of unbranched alkanes of at least 4 members (excludes halogenated alkanes) is 1. The second-order valence-corrected chi connectivity index (χ2v) is 13.5. The molecule has 9 nitrogen and oxygen atoms in total. The molecule has 1 atom stereocenters. The zero-order valence-electron chi connectivity index (χ0n) is 25.7. The van der Waals surface area contributed by atoms with Gasteiger partial charge in [-0.1, -0.05) is 19.8 Å². The van der Waals surface area contributed by atoms with E-state index in [1.54, 1.807) is 0 Å². The number of aliphatic hydroxyl groups is 1. The highest BCUT2D eigenvalue weighted by Gasteiger charge is 2.51. The highest BCUT2D eigenvalue weighted by molar-refractivity contribution is 5.96. The number of piperidine rings is 2. The largest absolute Gasteiger partial charge is 0.442 e. The number of hydrogen-bond acceptors (Lipinski definition) is 7. The second kappa shape index (κ2) is 12.5. The van der Waals surface area contributed by atoms with Crippen molar-refractivity contribution in [1.82, 2.24) is 24.7 Å². The number of carbonyl (C=O) groups is 2. The first-order valence-corrected chi connectivity index (χ1v) is 16.1. The summed E-state index contributed by atoms with van der Waals surface area (Å²) in [7, 11) is 0. The summed E-state index contributed by atoms with van der Waals surface area (Å²) in [6, 6.07) is 0. The normalized spacial score (nSPS) is 28.5. The maximum absolute atomic E-state index is 13.3. The number of likely N-dealkylation sites (tertiary alicyclic amines) is 2. The lowest BCUT2D eigenvalue weighted by Gasteiger charge is -2.55. The van der Waals surface area contributed by atoms with Gasteiger partial charge in [-0.25, -0.2) is 14.8 Å². The number of aryl methyl sites for hydroxylation is 2. The minimum absolute atomic E-state index is 0.0326. The molecular formula is C32H51N5O4.